The minimum absolute atomic E-state index is 0.00951. The number of nitro benzene ring substituents is 1. The number of nitrogens with zero attached hydrogens (tertiary/aromatic N) is 1. The normalized spacial score (nSPS) is 12.2. The van der Waals surface area contributed by atoms with Gasteiger partial charge in [-0.25, -0.2) is 0 Å². The van der Waals surface area contributed by atoms with E-state index in [4.69, 9.17) is 5.73 Å². The maximum Gasteiger partial charge on any atom is 0.269 e. The van der Waals surface area contributed by atoms with Crippen molar-refractivity contribution in [3.63, 3.8) is 0 Å². The zero-order valence-electron chi connectivity index (χ0n) is 10.7. The lowest BCUT2D eigenvalue weighted by molar-refractivity contribution is -0.384. The molecule has 0 aromatic heterocycles. The molecule has 0 bridgehead atoms. The zero-order valence-corrected chi connectivity index (χ0v) is 13.1. The van der Waals surface area contributed by atoms with Crippen molar-refractivity contribution in [1.82, 2.24) is 0 Å². The third-order valence-corrected chi connectivity index (χ3v) is 4.76. The zero-order chi connectivity index (χ0) is 14.7. The van der Waals surface area contributed by atoms with Crippen LogP contribution in [0.3, 0.4) is 0 Å². The van der Waals surface area contributed by atoms with Gasteiger partial charge in [-0.3, -0.25) is 10.1 Å². The Morgan fingerprint density at radius 1 is 1.25 bits per heavy atom. The molecule has 0 heterocycles. The molecule has 4 nitrogen and oxygen atoms in total. The van der Waals surface area contributed by atoms with Crippen molar-refractivity contribution in [2.45, 2.75) is 22.8 Å². The second-order valence-electron chi connectivity index (χ2n) is 4.33. The number of hydrogen-bond donors (Lipinski definition) is 1. The number of rotatable bonds is 4. The lowest BCUT2D eigenvalue weighted by Gasteiger charge is -2.09. The Balaban J connectivity index is 2.19. The van der Waals surface area contributed by atoms with E-state index in [1.807, 2.05) is 25.1 Å². The summed E-state index contributed by atoms with van der Waals surface area (Å²) in [5.74, 6) is 0. The molecule has 0 radical (unpaired) electrons. The summed E-state index contributed by atoms with van der Waals surface area (Å²) < 4.78 is 0.968. The fourth-order valence-corrected chi connectivity index (χ4v) is 3.10. The van der Waals surface area contributed by atoms with Crippen LogP contribution in [0, 0.1) is 10.1 Å². The van der Waals surface area contributed by atoms with E-state index in [-0.39, 0.29) is 11.7 Å². The summed E-state index contributed by atoms with van der Waals surface area (Å²) in [4.78, 5) is 12.2. The van der Waals surface area contributed by atoms with Crippen molar-refractivity contribution in [3.8, 4) is 0 Å². The smallest absolute Gasteiger partial charge is 0.269 e. The molecule has 0 aliphatic rings. The SMILES string of the molecule is C[C@@H](N)c1ccc(Sc2ccc([N+](=O)[O-])cc2)c(Br)c1. The highest BCUT2D eigenvalue weighted by molar-refractivity contribution is 9.10. The molecule has 0 spiro atoms. The number of nitro groups is 1. The molecule has 1 atom stereocenters. The highest BCUT2D eigenvalue weighted by atomic mass is 79.9. The monoisotopic (exact) mass is 352 g/mol. The second-order valence-corrected chi connectivity index (χ2v) is 6.30. The Hall–Kier alpha value is -1.37. The van der Waals surface area contributed by atoms with Crippen LogP contribution < -0.4 is 5.73 Å². The fraction of sp³-hybridized carbons (Fsp3) is 0.143. The molecule has 2 aromatic rings. The first-order valence-corrected chi connectivity index (χ1v) is 7.55. The lowest BCUT2D eigenvalue weighted by Crippen LogP contribution is -2.04. The molecule has 0 aliphatic carbocycles. The molecular formula is C14H13BrN2O2S. The van der Waals surface area contributed by atoms with E-state index < -0.39 is 4.92 Å². The van der Waals surface area contributed by atoms with Gasteiger partial charge in [0, 0.05) is 32.4 Å². The number of halogens is 1. The quantitative estimate of drug-likeness (QED) is 0.648. The highest BCUT2D eigenvalue weighted by Gasteiger charge is 2.08. The van der Waals surface area contributed by atoms with E-state index in [9.17, 15) is 10.1 Å². The van der Waals surface area contributed by atoms with Gasteiger partial charge in [0.15, 0.2) is 0 Å². The molecule has 0 fully saturated rings. The van der Waals surface area contributed by atoms with Crippen molar-refractivity contribution in [1.29, 1.82) is 0 Å². The van der Waals surface area contributed by atoms with Crippen molar-refractivity contribution >= 4 is 33.4 Å². The van der Waals surface area contributed by atoms with Crippen molar-refractivity contribution < 1.29 is 4.92 Å². The van der Waals surface area contributed by atoms with Crippen LogP contribution in [-0.4, -0.2) is 4.92 Å². The molecule has 0 aliphatic heterocycles. The van der Waals surface area contributed by atoms with Gasteiger partial charge in [-0.05, 0) is 52.7 Å². The Kier molecular flexibility index (Phi) is 4.80. The van der Waals surface area contributed by atoms with E-state index in [2.05, 4.69) is 15.9 Å². The van der Waals surface area contributed by atoms with E-state index in [0.29, 0.717) is 0 Å². The number of nitrogens with two attached hydrogens (primary N) is 1. The number of hydrogen-bond acceptors (Lipinski definition) is 4. The van der Waals surface area contributed by atoms with Gasteiger partial charge in [0.05, 0.1) is 4.92 Å². The van der Waals surface area contributed by atoms with Gasteiger partial charge in [0.25, 0.3) is 5.69 Å². The van der Waals surface area contributed by atoms with Gasteiger partial charge >= 0.3 is 0 Å². The van der Waals surface area contributed by atoms with Gasteiger partial charge in [0.2, 0.25) is 0 Å². The maximum absolute atomic E-state index is 10.6. The summed E-state index contributed by atoms with van der Waals surface area (Å²) >= 11 is 5.07. The summed E-state index contributed by atoms with van der Waals surface area (Å²) in [6.07, 6.45) is 0. The Bertz CT molecular complexity index is 630. The molecule has 0 saturated carbocycles. The average Bonchev–Trinajstić information content (AvgIpc) is 2.41. The van der Waals surface area contributed by atoms with Gasteiger partial charge in [-0.1, -0.05) is 17.8 Å². The summed E-state index contributed by atoms with van der Waals surface area (Å²) in [6, 6.07) is 12.5. The molecule has 104 valence electrons. The standard InChI is InChI=1S/C14H13BrN2O2S/c1-9(16)10-2-7-14(13(15)8-10)20-12-5-3-11(4-6-12)17(18)19/h2-9H,16H2,1H3/t9-/m1/s1. The molecule has 0 unspecified atom stereocenters. The predicted molar refractivity (Wildman–Crippen MR) is 84.0 cm³/mol. The first-order chi connectivity index (χ1) is 9.47. The van der Waals surface area contributed by atoms with Crippen molar-refractivity contribution in [3.05, 3.63) is 62.6 Å². The molecule has 0 amide bonds. The fourth-order valence-electron chi connectivity index (χ4n) is 1.65. The molecule has 2 rings (SSSR count). The van der Waals surface area contributed by atoms with Gasteiger partial charge in [-0.15, -0.1) is 0 Å². The van der Waals surface area contributed by atoms with Crippen molar-refractivity contribution in [2.75, 3.05) is 0 Å². The first kappa shape index (κ1) is 15.0. The van der Waals surface area contributed by atoms with E-state index in [1.165, 1.54) is 12.1 Å². The van der Waals surface area contributed by atoms with Crippen LogP contribution in [0.15, 0.2) is 56.7 Å². The minimum Gasteiger partial charge on any atom is -0.324 e. The molecule has 0 saturated heterocycles. The molecule has 2 N–H and O–H groups in total. The molecular weight excluding hydrogens is 340 g/mol. The van der Waals surface area contributed by atoms with E-state index in [0.717, 1.165) is 19.8 Å². The summed E-state index contributed by atoms with van der Waals surface area (Å²) in [7, 11) is 0. The Morgan fingerprint density at radius 3 is 2.40 bits per heavy atom. The summed E-state index contributed by atoms with van der Waals surface area (Å²) in [6.45, 7) is 1.94. The molecule has 6 heteroatoms. The van der Waals surface area contributed by atoms with Crippen LogP contribution in [0.5, 0.6) is 0 Å². The van der Waals surface area contributed by atoms with E-state index in [1.54, 1.807) is 23.9 Å². The van der Waals surface area contributed by atoms with Crippen LogP contribution in [-0.2, 0) is 0 Å². The number of non-ortho nitro benzene ring substituents is 1. The topological polar surface area (TPSA) is 69.2 Å². The predicted octanol–water partition coefficient (Wildman–Crippen LogP) is 4.53. The second kappa shape index (κ2) is 6.39. The van der Waals surface area contributed by atoms with Crippen LogP contribution in [0.4, 0.5) is 5.69 Å². The largest absolute Gasteiger partial charge is 0.324 e. The minimum atomic E-state index is -0.401. The Labute approximate surface area is 129 Å². The maximum atomic E-state index is 10.6. The Morgan fingerprint density at radius 2 is 1.90 bits per heavy atom. The number of benzene rings is 2. The average molecular weight is 353 g/mol. The van der Waals surface area contributed by atoms with Crippen LogP contribution in [0.25, 0.3) is 0 Å². The third kappa shape index (κ3) is 3.59. The summed E-state index contributed by atoms with van der Waals surface area (Å²) in [5.41, 5.74) is 7.00. The first-order valence-electron chi connectivity index (χ1n) is 5.94. The van der Waals surface area contributed by atoms with Crippen LogP contribution in [0.1, 0.15) is 18.5 Å². The summed E-state index contributed by atoms with van der Waals surface area (Å²) in [5, 5.41) is 10.6. The van der Waals surface area contributed by atoms with E-state index >= 15 is 0 Å². The van der Waals surface area contributed by atoms with Gasteiger partial charge < -0.3 is 5.73 Å². The van der Waals surface area contributed by atoms with Gasteiger partial charge in [0.1, 0.15) is 0 Å². The van der Waals surface area contributed by atoms with Crippen LogP contribution >= 0.6 is 27.7 Å². The van der Waals surface area contributed by atoms with Crippen LogP contribution in [0.2, 0.25) is 0 Å². The lowest BCUT2D eigenvalue weighted by atomic mass is 10.1. The molecule has 2 aromatic carbocycles. The highest BCUT2D eigenvalue weighted by Crippen LogP contribution is 2.35. The van der Waals surface area contributed by atoms with Crippen molar-refractivity contribution in [2.24, 2.45) is 5.73 Å². The third-order valence-electron chi connectivity index (χ3n) is 2.76. The molecule has 20 heavy (non-hydrogen) atoms. The van der Waals surface area contributed by atoms with Gasteiger partial charge in [-0.2, -0.15) is 0 Å².